The van der Waals surface area contributed by atoms with Gasteiger partial charge in [-0.15, -0.1) is 11.6 Å². The van der Waals surface area contributed by atoms with E-state index in [0.717, 1.165) is 38.9 Å². The van der Waals surface area contributed by atoms with Crippen LogP contribution in [0.4, 0.5) is 4.79 Å². The summed E-state index contributed by atoms with van der Waals surface area (Å²) in [4.78, 5) is 34.7. The molecule has 6 rings (SSSR count). The molecule has 5 aromatic rings. The fourth-order valence-electron chi connectivity index (χ4n) is 6.47. The molecule has 3 N–H and O–H groups in total. The van der Waals surface area contributed by atoms with Crippen LogP contribution in [-0.2, 0) is 23.9 Å². The molecular formula is C44H44Cl2N2O6. The van der Waals surface area contributed by atoms with Crippen molar-refractivity contribution in [2.24, 2.45) is 0 Å². The number of benzene rings is 5. The van der Waals surface area contributed by atoms with E-state index in [9.17, 15) is 14.4 Å². The molecule has 0 spiro atoms. The van der Waals surface area contributed by atoms with Gasteiger partial charge in [0.15, 0.2) is 0 Å². The van der Waals surface area contributed by atoms with Gasteiger partial charge < -0.3 is 25.2 Å². The van der Waals surface area contributed by atoms with Crippen molar-refractivity contribution in [3.8, 4) is 11.1 Å². The minimum Gasteiger partial charge on any atom is -0.481 e. The number of carboxylic acids is 1. The Morgan fingerprint density at radius 2 is 1.24 bits per heavy atom. The highest BCUT2D eigenvalue weighted by Crippen LogP contribution is 2.46. The van der Waals surface area contributed by atoms with Crippen molar-refractivity contribution >= 4 is 41.2 Å². The zero-order valence-electron chi connectivity index (χ0n) is 30.4. The summed E-state index contributed by atoms with van der Waals surface area (Å²) in [6, 6.07) is 43.0. The van der Waals surface area contributed by atoms with Gasteiger partial charge in [-0.25, -0.2) is 4.79 Å². The maximum absolute atomic E-state index is 12.4. The first kappa shape index (κ1) is 40.0. The summed E-state index contributed by atoms with van der Waals surface area (Å²) in [5.74, 6) is -1.52. The minimum atomic E-state index is -1.10. The number of carbonyl (C=O) groups is 3. The smallest absolute Gasteiger partial charge is 0.407 e. The second kappa shape index (κ2) is 18.3. The molecule has 280 valence electrons. The Balaban J connectivity index is 0.000000228. The van der Waals surface area contributed by atoms with Crippen LogP contribution < -0.4 is 10.6 Å². The highest BCUT2D eigenvalue weighted by atomic mass is 35.5. The quantitative estimate of drug-likeness (QED) is 0.0863. The fourth-order valence-corrected chi connectivity index (χ4v) is 7.21. The lowest BCUT2D eigenvalue weighted by molar-refractivity contribution is -0.137. The van der Waals surface area contributed by atoms with Crippen LogP contribution in [0, 0.1) is 0 Å². The maximum Gasteiger partial charge on any atom is 0.407 e. The molecule has 2 amide bonds. The molecule has 1 atom stereocenters. The number of carbonyl (C=O) groups excluding carboxylic acids is 2. The van der Waals surface area contributed by atoms with Crippen molar-refractivity contribution in [3.63, 3.8) is 0 Å². The molecular weight excluding hydrogens is 723 g/mol. The van der Waals surface area contributed by atoms with E-state index in [4.69, 9.17) is 37.8 Å². The Labute approximate surface area is 326 Å². The summed E-state index contributed by atoms with van der Waals surface area (Å²) in [6.45, 7) is 5.28. The van der Waals surface area contributed by atoms with Gasteiger partial charge in [-0.1, -0.05) is 139 Å². The molecule has 0 saturated heterocycles. The Morgan fingerprint density at radius 1 is 0.741 bits per heavy atom. The van der Waals surface area contributed by atoms with E-state index < -0.39 is 28.5 Å². The number of alkyl halides is 1. The van der Waals surface area contributed by atoms with Crippen LogP contribution in [0.5, 0.6) is 0 Å². The molecule has 0 aromatic heterocycles. The minimum absolute atomic E-state index is 0.0987. The van der Waals surface area contributed by atoms with Crippen LogP contribution in [0.3, 0.4) is 0 Å². The first-order valence-corrected chi connectivity index (χ1v) is 18.4. The molecule has 0 fully saturated rings. The molecule has 5 aromatic carbocycles. The van der Waals surface area contributed by atoms with Crippen LogP contribution in [-0.4, -0.2) is 54.5 Å². The molecule has 10 heteroatoms. The van der Waals surface area contributed by atoms with Crippen molar-refractivity contribution in [3.05, 3.63) is 166 Å². The molecule has 0 saturated carbocycles. The Hall–Kier alpha value is -5.15. The zero-order valence-corrected chi connectivity index (χ0v) is 31.9. The number of ether oxygens (including phenoxy) is 2. The van der Waals surface area contributed by atoms with Crippen molar-refractivity contribution < 1.29 is 29.0 Å². The molecule has 1 aliphatic rings. The number of rotatable bonds is 12. The van der Waals surface area contributed by atoms with E-state index in [1.165, 1.54) is 0 Å². The number of carboxylic acid groups (broad SMARTS) is 1. The van der Waals surface area contributed by atoms with Gasteiger partial charge in [-0.3, -0.25) is 9.59 Å². The first-order valence-electron chi connectivity index (χ1n) is 17.6. The molecule has 0 bridgehead atoms. The van der Waals surface area contributed by atoms with Gasteiger partial charge in [0, 0.05) is 22.0 Å². The number of fused-ring (bicyclic) bond motifs is 3. The van der Waals surface area contributed by atoms with Crippen molar-refractivity contribution in [1.82, 2.24) is 10.6 Å². The number of hydrogen-bond acceptors (Lipinski definition) is 5. The molecule has 8 nitrogen and oxygen atoms in total. The summed E-state index contributed by atoms with van der Waals surface area (Å²) >= 11 is 13.6. The van der Waals surface area contributed by atoms with Gasteiger partial charge in [0.2, 0.25) is 5.91 Å². The van der Waals surface area contributed by atoms with E-state index >= 15 is 0 Å². The third-order valence-electron chi connectivity index (χ3n) is 8.74. The third kappa shape index (κ3) is 10.3. The lowest BCUT2D eigenvalue weighted by Gasteiger charge is -2.30. The zero-order chi connectivity index (χ0) is 38.7. The summed E-state index contributed by atoms with van der Waals surface area (Å²) in [5.41, 5.74) is 6.91. The lowest BCUT2D eigenvalue weighted by atomic mass is 9.84. The second-order valence-electron chi connectivity index (χ2n) is 13.9. The summed E-state index contributed by atoms with van der Waals surface area (Å²) in [7, 11) is 0. The van der Waals surface area contributed by atoms with Crippen molar-refractivity contribution in [1.29, 1.82) is 0 Å². The second-order valence-corrected chi connectivity index (χ2v) is 14.9. The number of nitrogens with one attached hydrogen (secondary N) is 2. The number of aliphatic carboxylic acids is 1. The standard InChI is InChI=1S/C25H30N2O6.C19H14Cl2/c1-25(2,3)27-22(28)15-32-13-16(12-23(29)30)26-24(31)33-14-21-19-10-6-4-8-17(19)18-9-5-7-11-20(18)21;20-18-14-8-7-13-17(18)19(21,15-9-3-1-4-10-15)16-11-5-2-6-12-16/h4-11,16,21H,12-15H2,1-3H3,(H,26,31)(H,27,28)(H,29,30);1-14H. The van der Waals surface area contributed by atoms with Crippen molar-refractivity contribution in [2.45, 2.75) is 49.6 Å². The first-order chi connectivity index (χ1) is 25.9. The SMILES string of the molecule is CC(C)(C)NC(=O)COCC(CC(=O)O)NC(=O)OCC1c2ccccc2-c2ccccc21.Clc1ccccc1C(Cl)(c1ccccc1)c1ccccc1. The number of halogens is 2. The van der Waals surface area contributed by atoms with E-state index in [0.29, 0.717) is 5.02 Å². The van der Waals surface area contributed by atoms with Crippen LogP contribution in [0.15, 0.2) is 133 Å². The highest BCUT2D eigenvalue weighted by Gasteiger charge is 2.35. The van der Waals surface area contributed by atoms with Gasteiger partial charge in [0.25, 0.3) is 0 Å². The van der Waals surface area contributed by atoms with Gasteiger partial charge >= 0.3 is 12.1 Å². The van der Waals surface area contributed by atoms with Crippen LogP contribution >= 0.6 is 23.2 Å². The monoisotopic (exact) mass is 766 g/mol. The molecule has 54 heavy (non-hydrogen) atoms. The average molecular weight is 768 g/mol. The van der Waals surface area contributed by atoms with Crippen molar-refractivity contribution in [2.75, 3.05) is 19.8 Å². The van der Waals surface area contributed by atoms with Gasteiger partial charge in [0.05, 0.1) is 19.1 Å². The molecule has 1 aliphatic carbocycles. The van der Waals surface area contributed by atoms with Gasteiger partial charge in [-0.2, -0.15) is 0 Å². The van der Waals surface area contributed by atoms with E-state index in [2.05, 4.69) is 10.6 Å². The topological polar surface area (TPSA) is 114 Å². The maximum atomic E-state index is 12.4. The Morgan fingerprint density at radius 3 is 1.76 bits per heavy atom. The number of amides is 2. The van der Waals surface area contributed by atoms with Crippen LogP contribution in [0.1, 0.15) is 60.9 Å². The summed E-state index contributed by atoms with van der Waals surface area (Å²) < 4.78 is 10.8. The predicted molar refractivity (Wildman–Crippen MR) is 213 cm³/mol. The Bertz CT molecular complexity index is 1950. The fraction of sp³-hybridized carbons (Fsp3) is 0.250. The molecule has 0 radical (unpaired) electrons. The summed E-state index contributed by atoms with van der Waals surface area (Å²) in [6.07, 6.45) is -1.09. The highest BCUT2D eigenvalue weighted by molar-refractivity contribution is 6.34. The molecule has 0 heterocycles. The number of hydrogen-bond donors (Lipinski definition) is 3. The lowest BCUT2D eigenvalue weighted by Crippen LogP contribution is -2.44. The van der Waals surface area contributed by atoms with E-state index in [-0.39, 0.29) is 38.1 Å². The Kier molecular flexibility index (Phi) is 13.5. The largest absolute Gasteiger partial charge is 0.481 e. The van der Waals surface area contributed by atoms with E-state index in [1.54, 1.807) is 0 Å². The van der Waals surface area contributed by atoms with Crippen LogP contribution in [0.25, 0.3) is 11.1 Å². The predicted octanol–water partition coefficient (Wildman–Crippen LogP) is 9.17. The molecule has 1 unspecified atom stereocenters. The molecule has 0 aliphatic heterocycles. The van der Waals surface area contributed by atoms with Gasteiger partial charge in [-0.05, 0) is 60.2 Å². The summed E-state index contributed by atoms with van der Waals surface area (Å²) in [5, 5.41) is 15.1. The van der Waals surface area contributed by atoms with Crippen LogP contribution in [0.2, 0.25) is 5.02 Å². The van der Waals surface area contributed by atoms with E-state index in [1.807, 2.05) is 154 Å². The van der Waals surface area contributed by atoms with Gasteiger partial charge in [0.1, 0.15) is 18.1 Å². The number of alkyl carbamates (subject to hydrolysis) is 1. The normalized spacial score (nSPS) is 12.7. The third-order valence-corrected chi connectivity index (χ3v) is 9.71. The average Bonchev–Trinajstić information content (AvgIpc) is 3.47.